The van der Waals surface area contributed by atoms with E-state index < -0.39 is 0 Å². The molecule has 0 aliphatic heterocycles. The monoisotopic (exact) mass is 269 g/mol. The van der Waals surface area contributed by atoms with E-state index in [-0.39, 0.29) is 5.75 Å². The van der Waals surface area contributed by atoms with Gasteiger partial charge in [-0.05, 0) is 49.7 Å². The van der Waals surface area contributed by atoms with Crippen LogP contribution in [0.1, 0.15) is 44.4 Å². The number of fused-ring (bicyclic) bond motifs is 3. The standard InChI is InChI=1S/C17H19NO2/c19-13-7-8-15-16(9-13)20-17(18-15)10-14-11-3-1-4-12(14)6-2-5-11/h7-12,19H,1-6H2. The summed E-state index contributed by atoms with van der Waals surface area (Å²) in [5, 5.41) is 9.49. The van der Waals surface area contributed by atoms with Crippen molar-refractivity contribution in [2.75, 3.05) is 0 Å². The number of phenolic OH excluding ortho intramolecular Hbond substituents is 1. The highest BCUT2D eigenvalue weighted by Gasteiger charge is 2.31. The predicted octanol–water partition coefficient (Wildman–Crippen LogP) is 4.52. The minimum atomic E-state index is 0.224. The van der Waals surface area contributed by atoms with Gasteiger partial charge in [-0.25, -0.2) is 4.98 Å². The first-order valence-corrected chi connectivity index (χ1v) is 7.60. The van der Waals surface area contributed by atoms with Crippen LogP contribution in [0.25, 0.3) is 17.2 Å². The van der Waals surface area contributed by atoms with Gasteiger partial charge in [-0.15, -0.1) is 0 Å². The number of rotatable bonds is 1. The van der Waals surface area contributed by atoms with Crippen LogP contribution in [0.5, 0.6) is 5.75 Å². The van der Waals surface area contributed by atoms with E-state index >= 15 is 0 Å². The van der Waals surface area contributed by atoms with Crippen molar-refractivity contribution in [1.82, 2.24) is 4.98 Å². The van der Waals surface area contributed by atoms with Gasteiger partial charge in [-0.3, -0.25) is 0 Å². The van der Waals surface area contributed by atoms with E-state index in [1.165, 1.54) is 38.5 Å². The average molecular weight is 269 g/mol. The van der Waals surface area contributed by atoms with E-state index in [1.54, 1.807) is 23.8 Å². The number of oxazole rings is 1. The summed E-state index contributed by atoms with van der Waals surface area (Å²) < 4.78 is 5.77. The highest BCUT2D eigenvalue weighted by Crippen LogP contribution is 2.44. The second-order valence-corrected chi connectivity index (χ2v) is 6.10. The van der Waals surface area contributed by atoms with E-state index in [2.05, 4.69) is 11.1 Å². The van der Waals surface area contributed by atoms with E-state index in [4.69, 9.17) is 4.42 Å². The summed E-state index contributed by atoms with van der Waals surface area (Å²) in [4.78, 5) is 4.52. The lowest BCUT2D eigenvalue weighted by atomic mass is 9.68. The maximum atomic E-state index is 9.49. The number of nitrogens with zero attached hydrogens (tertiary/aromatic N) is 1. The quantitative estimate of drug-likeness (QED) is 0.828. The molecule has 1 aromatic heterocycles. The minimum Gasteiger partial charge on any atom is -0.508 e. The van der Waals surface area contributed by atoms with Crippen molar-refractivity contribution in [2.45, 2.75) is 38.5 Å². The van der Waals surface area contributed by atoms with Gasteiger partial charge in [0.05, 0.1) is 0 Å². The second-order valence-electron chi connectivity index (χ2n) is 6.10. The van der Waals surface area contributed by atoms with Crippen LogP contribution in [0.15, 0.2) is 28.2 Å². The van der Waals surface area contributed by atoms with Gasteiger partial charge in [-0.2, -0.15) is 0 Å². The molecule has 4 rings (SSSR count). The van der Waals surface area contributed by atoms with Gasteiger partial charge >= 0.3 is 0 Å². The zero-order valence-electron chi connectivity index (χ0n) is 11.5. The smallest absolute Gasteiger partial charge is 0.219 e. The Morgan fingerprint density at radius 1 is 1.10 bits per heavy atom. The highest BCUT2D eigenvalue weighted by atomic mass is 16.3. The van der Waals surface area contributed by atoms with Crippen LogP contribution in [-0.2, 0) is 0 Å². The molecule has 0 atom stereocenters. The van der Waals surface area contributed by atoms with Crippen molar-refractivity contribution in [3.8, 4) is 5.75 Å². The van der Waals surface area contributed by atoms with Crippen LogP contribution in [0.4, 0.5) is 0 Å². The minimum absolute atomic E-state index is 0.224. The molecule has 20 heavy (non-hydrogen) atoms. The number of benzene rings is 1. The fourth-order valence-electron chi connectivity index (χ4n) is 3.88. The number of hydrogen-bond donors (Lipinski definition) is 1. The third-order valence-electron chi connectivity index (χ3n) is 4.83. The fraction of sp³-hybridized carbons (Fsp3) is 0.471. The molecular weight excluding hydrogens is 250 g/mol. The van der Waals surface area contributed by atoms with Gasteiger partial charge in [-0.1, -0.05) is 18.4 Å². The summed E-state index contributed by atoms with van der Waals surface area (Å²) in [6, 6.07) is 5.08. The molecule has 2 aliphatic rings. The van der Waals surface area contributed by atoms with Gasteiger partial charge in [0.15, 0.2) is 5.58 Å². The van der Waals surface area contributed by atoms with Crippen molar-refractivity contribution >= 4 is 17.2 Å². The normalized spacial score (nSPS) is 25.9. The molecule has 2 fully saturated rings. The largest absolute Gasteiger partial charge is 0.508 e. The van der Waals surface area contributed by atoms with Crippen molar-refractivity contribution in [2.24, 2.45) is 11.8 Å². The van der Waals surface area contributed by atoms with Crippen molar-refractivity contribution < 1.29 is 9.52 Å². The molecule has 1 heterocycles. The Morgan fingerprint density at radius 2 is 1.80 bits per heavy atom. The van der Waals surface area contributed by atoms with Crippen LogP contribution in [-0.4, -0.2) is 10.1 Å². The SMILES string of the molecule is Oc1ccc2nc(C=C3C4CCCC3CCC4)oc2c1. The van der Waals surface area contributed by atoms with E-state index in [0.29, 0.717) is 11.5 Å². The Kier molecular flexibility index (Phi) is 2.79. The summed E-state index contributed by atoms with van der Waals surface area (Å²) in [6.07, 6.45) is 10.2. The molecule has 2 bridgehead atoms. The Bertz CT molecular complexity index is 647. The van der Waals surface area contributed by atoms with Gasteiger partial charge < -0.3 is 9.52 Å². The number of aromatic hydroxyl groups is 1. The number of allylic oxidation sites excluding steroid dienone is 1. The van der Waals surface area contributed by atoms with Crippen LogP contribution in [0.3, 0.4) is 0 Å². The lowest BCUT2D eigenvalue weighted by Gasteiger charge is -2.37. The molecule has 2 saturated carbocycles. The molecule has 0 unspecified atom stereocenters. The molecule has 0 saturated heterocycles. The maximum absolute atomic E-state index is 9.49. The lowest BCUT2D eigenvalue weighted by Crippen LogP contribution is -2.24. The summed E-state index contributed by atoms with van der Waals surface area (Å²) in [6.45, 7) is 0. The molecule has 0 radical (unpaired) electrons. The van der Waals surface area contributed by atoms with Crippen molar-refractivity contribution in [3.05, 3.63) is 29.7 Å². The Labute approximate surface area is 118 Å². The molecular formula is C17H19NO2. The van der Waals surface area contributed by atoms with Crippen molar-refractivity contribution in [1.29, 1.82) is 0 Å². The lowest BCUT2D eigenvalue weighted by molar-refractivity contribution is 0.279. The zero-order valence-corrected chi connectivity index (χ0v) is 11.5. The first kappa shape index (κ1) is 12.0. The molecule has 104 valence electrons. The van der Waals surface area contributed by atoms with Crippen LogP contribution in [0.2, 0.25) is 0 Å². The topological polar surface area (TPSA) is 46.3 Å². The highest BCUT2D eigenvalue weighted by molar-refractivity contribution is 5.75. The number of hydrogen-bond acceptors (Lipinski definition) is 3. The summed E-state index contributed by atoms with van der Waals surface area (Å²) >= 11 is 0. The Hall–Kier alpha value is -1.77. The summed E-state index contributed by atoms with van der Waals surface area (Å²) in [5.74, 6) is 2.40. The number of phenols is 1. The van der Waals surface area contributed by atoms with Gasteiger partial charge in [0.1, 0.15) is 11.3 Å². The molecule has 1 aromatic carbocycles. The van der Waals surface area contributed by atoms with Gasteiger partial charge in [0.25, 0.3) is 0 Å². The van der Waals surface area contributed by atoms with Crippen molar-refractivity contribution in [3.63, 3.8) is 0 Å². The molecule has 0 amide bonds. The fourth-order valence-corrected chi connectivity index (χ4v) is 3.88. The van der Waals surface area contributed by atoms with Crippen LogP contribution < -0.4 is 0 Å². The third kappa shape index (κ3) is 2.01. The summed E-state index contributed by atoms with van der Waals surface area (Å²) in [5.41, 5.74) is 3.03. The Balaban J connectivity index is 1.73. The zero-order chi connectivity index (χ0) is 13.5. The van der Waals surface area contributed by atoms with Gasteiger partial charge in [0, 0.05) is 12.1 Å². The van der Waals surface area contributed by atoms with E-state index in [9.17, 15) is 5.11 Å². The molecule has 2 aromatic rings. The van der Waals surface area contributed by atoms with E-state index in [0.717, 1.165) is 17.4 Å². The molecule has 1 N–H and O–H groups in total. The molecule has 3 heteroatoms. The molecule has 0 spiro atoms. The maximum Gasteiger partial charge on any atom is 0.219 e. The number of aromatic nitrogens is 1. The predicted molar refractivity (Wildman–Crippen MR) is 78.3 cm³/mol. The summed E-state index contributed by atoms with van der Waals surface area (Å²) in [7, 11) is 0. The second kappa shape index (κ2) is 4.65. The van der Waals surface area contributed by atoms with Crippen LogP contribution >= 0.6 is 0 Å². The third-order valence-corrected chi connectivity index (χ3v) is 4.83. The average Bonchev–Trinajstić information content (AvgIpc) is 2.80. The first-order chi connectivity index (χ1) is 9.79. The van der Waals surface area contributed by atoms with Crippen LogP contribution in [0, 0.1) is 11.8 Å². The molecule has 3 nitrogen and oxygen atoms in total. The van der Waals surface area contributed by atoms with E-state index in [1.807, 2.05) is 0 Å². The van der Waals surface area contributed by atoms with Gasteiger partial charge in [0.2, 0.25) is 5.89 Å². The first-order valence-electron chi connectivity index (χ1n) is 7.60. The Morgan fingerprint density at radius 3 is 2.50 bits per heavy atom. The molecule has 2 aliphatic carbocycles.